The van der Waals surface area contributed by atoms with Crippen molar-refractivity contribution in [2.24, 2.45) is 15.7 Å². The average molecular weight is 387 g/mol. The first-order valence-electron chi connectivity index (χ1n) is 10.1. The van der Waals surface area contributed by atoms with Gasteiger partial charge in [-0.3, -0.25) is 9.89 Å². The number of H-pyrrole nitrogens is 1. The van der Waals surface area contributed by atoms with Crippen LogP contribution >= 0.6 is 0 Å². The number of imidazole rings is 1. The Morgan fingerprint density at radius 1 is 1.03 bits per heavy atom. The Kier molecular flexibility index (Phi) is 4.61. The first kappa shape index (κ1) is 18.0. The van der Waals surface area contributed by atoms with E-state index in [0.717, 1.165) is 59.5 Å². The molecule has 7 heteroatoms. The third-order valence-corrected chi connectivity index (χ3v) is 5.83. The first-order valence-corrected chi connectivity index (χ1v) is 10.1. The van der Waals surface area contributed by atoms with Gasteiger partial charge in [0, 0.05) is 31.0 Å². The molecule has 148 valence electrons. The van der Waals surface area contributed by atoms with Crippen LogP contribution in [0.4, 0.5) is 5.69 Å². The van der Waals surface area contributed by atoms with Crippen LogP contribution in [0.3, 0.4) is 0 Å². The predicted molar refractivity (Wildman–Crippen MR) is 117 cm³/mol. The standard InChI is InChI=1S/C22H25N7/c23-16-4-1-14(2-5-16)21-18(15-3-6-19-20(11-15)27-13-26-19)12-25-22(28-21)29-9-7-17(24)8-10-29/h1-6,11-13,17-18,22H,7-10,23-24H2,(H,26,27). The van der Waals surface area contributed by atoms with Crippen molar-refractivity contribution in [1.82, 2.24) is 14.9 Å². The van der Waals surface area contributed by atoms with Crippen molar-refractivity contribution in [1.29, 1.82) is 0 Å². The zero-order valence-electron chi connectivity index (χ0n) is 16.2. The van der Waals surface area contributed by atoms with Crippen LogP contribution < -0.4 is 11.5 Å². The summed E-state index contributed by atoms with van der Waals surface area (Å²) in [5, 5.41) is 0. The van der Waals surface area contributed by atoms with E-state index in [-0.39, 0.29) is 18.2 Å². The number of aromatic nitrogens is 2. The summed E-state index contributed by atoms with van der Waals surface area (Å²) in [6.45, 7) is 1.85. The molecule has 0 amide bonds. The smallest absolute Gasteiger partial charge is 0.196 e. The van der Waals surface area contributed by atoms with Crippen LogP contribution in [0.2, 0.25) is 0 Å². The molecule has 3 aromatic rings. The number of piperidine rings is 1. The number of nitrogens with one attached hydrogen (secondary N) is 1. The highest BCUT2D eigenvalue weighted by Crippen LogP contribution is 2.28. The van der Waals surface area contributed by atoms with Crippen LogP contribution in [0.1, 0.15) is 29.9 Å². The van der Waals surface area contributed by atoms with Gasteiger partial charge in [0.25, 0.3) is 0 Å². The van der Waals surface area contributed by atoms with Crippen LogP contribution in [0.5, 0.6) is 0 Å². The molecule has 7 nitrogen and oxygen atoms in total. The minimum absolute atomic E-state index is 0.0189. The molecule has 5 N–H and O–H groups in total. The maximum Gasteiger partial charge on any atom is 0.196 e. The third-order valence-electron chi connectivity index (χ3n) is 5.83. The van der Waals surface area contributed by atoms with Crippen molar-refractivity contribution < 1.29 is 0 Å². The summed E-state index contributed by atoms with van der Waals surface area (Å²) in [5.41, 5.74) is 17.9. The van der Waals surface area contributed by atoms with Crippen LogP contribution in [0.15, 0.2) is 58.8 Å². The molecule has 0 bridgehead atoms. The molecular formula is C22H25N7. The van der Waals surface area contributed by atoms with Gasteiger partial charge in [-0.2, -0.15) is 0 Å². The Balaban J connectivity index is 1.52. The van der Waals surface area contributed by atoms with Gasteiger partial charge in [0.05, 0.1) is 29.0 Å². The van der Waals surface area contributed by atoms with Gasteiger partial charge < -0.3 is 16.5 Å². The van der Waals surface area contributed by atoms with Crippen LogP contribution in [0.25, 0.3) is 11.0 Å². The van der Waals surface area contributed by atoms with Gasteiger partial charge in [0.15, 0.2) is 6.29 Å². The number of fused-ring (bicyclic) bond motifs is 1. The fourth-order valence-electron chi connectivity index (χ4n) is 4.10. The van der Waals surface area contributed by atoms with Crippen molar-refractivity contribution in [2.45, 2.75) is 31.1 Å². The van der Waals surface area contributed by atoms with Gasteiger partial charge in [0.1, 0.15) is 0 Å². The van der Waals surface area contributed by atoms with E-state index in [0.29, 0.717) is 0 Å². The van der Waals surface area contributed by atoms with Gasteiger partial charge >= 0.3 is 0 Å². The molecule has 2 aliphatic rings. The van der Waals surface area contributed by atoms with Gasteiger partial charge in [-0.1, -0.05) is 18.2 Å². The zero-order chi connectivity index (χ0) is 19.8. The maximum absolute atomic E-state index is 6.07. The normalized spacial score (nSPS) is 23.4. The third kappa shape index (κ3) is 3.54. The van der Waals surface area contributed by atoms with Gasteiger partial charge in [-0.05, 0) is 48.2 Å². The van der Waals surface area contributed by atoms with Gasteiger partial charge in [-0.15, -0.1) is 0 Å². The molecule has 0 saturated carbocycles. The Bertz CT molecular complexity index is 1060. The second-order valence-electron chi connectivity index (χ2n) is 7.81. The number of aromatic amines is 1. The first-order chi connectivity index (χ1) is 14.2. The SMILES string of the molecule is Nc1ccc(C2=NC(N3CCC(N)CC3)N=CC2c2ccc3nc[nH]c3c2)cc1. The molecular weight excluding hydrogens is 362 g/mol. The zero-order valence-corrected chi connectivity index (χ0v) is 16.2. The Morgan fingerprint density at radius 2 is 1.83 bits per heavy atom. The Labute approximate surface area is 169 Å². The summed E-state index contributed by atoms with van der Waals surface area (Å²) in [7, 11) is 0. The Hall–Kier alpha value is -3.03. The quantitative estimate of drug-likeness (QED) is 0.600. The number of nitrogens with zero attached hydrogens (tertiary/aromatic N) is 4. The molecule has 5 rings (SSSR count). The van der Waals surface area contributed by atoms with E-state index in [9.17, 15) is 0 Å². The lowest BCUT2D eigenvalue weighted by molar-refractivity contribution is 0.161. The van der Waals surface area contributed by atoms with E-state index in [2.05, 4.69) is 27.0 Å². The molecule has 2 atom stereocenters. The monoisotopic (exact) mass is 387 g/mol. The molecule has 2 aliphatic heterocycles. The predicted octanol–water partition coefficient (Wildman–Crippen LogP) is 2.51. The summed E-state index contributed by atoms with van der Waals surface area (Å²) in [5.74, 6) is -0.0189. The Morgan fingerprint density at radius 3 is 2.62 bits per heavy atom. The van der Waals surface area contributed by atoms with Crippen molar-refractivity contribution >= 4 is 28.6 Å². The number of nitrogen functional groups attached to an aromatic ring is 1. The largest absolute Gasteiger partial charge is 0.399 e. The van der Waals surface area contributed by atoms with Crippen molar-refractivity contribution in [3.63, 3.8) is 0 Å². The van der Waals surface area contributed by atoms with Crippen molar-refractivity contribution in [2.75, 3.05) is 18.8 Å². The molecule has 29 heavy (non-hydrogen) atoms. The molecule has 1 saturated heterocycles. The topological polar surface area (TPSA) is 109 Å². The van der Waals surface area contributed by atoms with Crippen LogP contribution in [-0.4, -0.2) is 52.2 Å². The molecule has 3 heterocycles. The summed E-state index contributed by atoms with van der Waals surface area (Å²) < 4.78 is 0. The van der Waals surface area contributed by atoms with E-state index < -0.39 is 0 Å². The molecule has 2 unspecified atom stereocenters. The summed E-state index contributed by atoms with van der Waals surface area (Å²) in [6.07, 6.45) is 5.53. The van der Waals surface area contributed by atoms with E-state index >= 15 is 0 Å². The number of benzene rings is 2. The van der Waals surface area contributed by atoms with Crippen LogP contribution in [0, 0.1) is 0 Å². The lowest BCUT2D eigenvalue weighted by atomic mass is 9.89. The van der Waals surface area contributed by atoms with Gasteiger partial charge in [-0.25, -0.2) is 9.98 Å². The molecule has 0 spiro atoms. The van der Waals surface area contributed by atoms with Crippen molar-refractivity contribution in [3.05, 3.63) is 59.9 Å². The highest BCUT2D eigenvalue weighted by atomic mass is 15.3. The number of hydrogen-bond donors (Lipinski definition) is 3. The second-order valence-corrected chi connectivity index (χ2v) is 7.81. The summed E-state index contributed by atoms with van der Waals surface area (Å²) in [4.78, 5) is 19.7. The number of aliphatic imine (C=N–C) groups is 2. The molecule has 0 aliphatic carbocycles. The summed E-state index contributed by atoms with van der Waals surface area (Å²) >= 11 is 0. The molecule has 1 fully saturated rings. The lowest BCUT2D eigenvalue weighted by Crippen LogP contribution is -2.45. The number of rotatable bonds is 3. The number of nitrogens with two attached hydrogens (primary N) is 2. The molecule has 1 aromatic heterocycles. The maximum atomic E-state index is 6.07. The minimum atomic E-state index is -0.192. The summed E-state index contributed by atoms with van der Waals surface area (Å²) in [6, 6.07) is 14.5. The number of likely N-dealkylation sites (tertiary alicyclic amines) is 1. The fourth-order valence-corrected chi connectivity index (χ4v) is 4.10. The van der Waals surface area contributed by atoms with Crippen molar-refractivity contribution in [3.8, 4) is 0 Å². The number of anilines is 1. The fraction of sp³-hybridized carbons (Fsp3) is 0.318. The second kappa shape index (κ2) is 7.42. The average Bonchev–Trinajstić information content (AvgIpc) is 3.22. The number of hydrogen-bond acceptors (Lipinski definition) is 6. The minimum Gasteiger partial charge on any atom is -0.399 e. The van der Waals surface area contributed by atoms with E-state index in [4.69, 9.17) is 21.5 Å². The van der Waals surface area contributed by atoms with Gasteiger partial charge in [0.2, 0.25) is 0 Å². The molecule has 2 aromatic carbocycles. The molecule has 0 radical (unpaired) electrons. The van der Waals surface area contributed by atoms with E-state index in [1.54, 1.807) is 6.33 Å². The van der Waals surface area contributed by atoms with Crippen LogP contribution in [-0.2, 0) is 0 Å². The van der Waals surface area contributed by atoms with E-state index in [1.807, 2.05) is 36.5 Å². The van der Waals surface area contributed by atoms with E-state index in [1.165, 1.54) is 0 Å². The highest BCUT2D eigenvalue weighted by Gasteiger charge is 2.29. The lowest BCUT2D eigenvalue weighted by Gasteiger charge is -2.35. The highest BCUT2D eigenvalue weighted by molar-refractivity contribution is 6.14.